The highest BCUT2D eigenvalue weighted by molar-refractivity contribution is 5.75. The topological polar surface area (TPSA) is 33.6 Å². The van der Waals surface area contributed by atoms with Crippen molar-refractivity contribution in [2.24, 2.45) is 4.99 Å². The molecule has 13 heavy (non-hydrogen) atoms. The van der Waals surface area contributed by atoms with Crippen LogP contribution in [-0.2, 0) is 4.74 Å². The van der Waals surface area contributed by atoms with Crippen LogP contribution in [0.4, 0.5) is 0 Å². The highest BCUT2D eigenvalue weighted by Gasteiger charge is 2.36. The summed E-state index contributed by atoms with van der Waals surface area (Å²) in [7, 11) is 0. The molecule has 3 nitrogen and oxygen atoms in total. The number of hydrogen-bond donors (Lipinski definition) is 1. The molecule has 0 radical (unpaired) electrons. The maximum Gasteiger partial charge on any atom is 0.180 e. The monoisotopic (exact) mass is 184 g/mol. The molecule has 2 aliphatic rings. The predicted octanol–water partition coefficient (Wildman–Crippen LogP) is 1.58. The standard InChI is InChI=1S/C8H14N2O.C2H6/c1-7-10-8(6-11-7)2-4-9-5-3-8;1-2/h9H,2-6H2,1H3;1-2H3. The second-order valence-electron chi connectivity index (χ2n) is 3.39. The van der Waals surface area contributed by atoms with Crippen LogP contribution in [0.1, 0.15) is 33.6 Å². The molecule has 0 atom stereocenters. The Morgan fingerprint density at radius 2 is 1.92 bits per heavy atom. The molecule has 3 heteroatoms. The normalized spacial score (nSPS) is 24.4. The molecule has 0 aromatic rings. The largest absolute Gasteiger partial charge is 0.479 e. The van der Waals surface area contributed by atoms with E-state index >= 15 is 0 Å². The second kappa shape index (κ2) is 4.61. The van der Waals surface area contributed by atoms with E-state index in [9.17, 15) is 0 Å². The molecule has 0 saturated carbocycles. The van der Waals surface area contributed by atoms with Crippen molar-refractivity contribution in [3.63, 3.8) is 0 Å². The Labute approximate surface area is 80.6 Å². The molecule has 1 saturated heterocycles. The Bertz CT molecular complexity index is 183. The molecule has 2 aliphatic heterocycles. The number of nitrogens with zero attached hydrogens (tertiary/aromatic N) is 1. The zero-order valence-corrected chi connectivity index (χ0v) is 8.89. The van der Waals surface area contributed by atoms with Gasteiger partial charge in [-0.15, -0.1) is 0 Å². The van der Waals surface area contributed by atoms with Gasteiger partial charge in [-0.25, -0.2) is 4.99 Å². The van der Waals surface area contributed by atoms with Crippen LogP contribution in [0.3, 0.4) is 0 Å². The maximum atomic E-state index is 5.37. The van der Waals surface area contributed by atoms with Gasteiger partial charge in [0.15, 0.2) is 5.90 Å². The first-order valence-electron chi connectivity index (χ1n) is 5.21. The second-order valence-corrected chi connectivity index (χ2v) is 3.39. The van der Waals surface area contributed by atoms with Gasteiger partial charge in [-0.05, 0) is 25.9 Å². The fraction of sp³-hybridized carbons (Fsp3) is 0.900. The van der Waals surface area contributed by atoms with Crippen LogP contribution in [0.25, 0.3) is 0 Å². The third kappa shape index (κ3) is 2.44. The summed E-state index contributed by atoms with van der Waals surface area (Å²) in [6, 6.07) is 0. The zero-order chi connectivity index (χ0) is 9.73. The molecule has 2 rings (SSSR count). The fourth-order valence-electron chi connectivity index (χ4n) is 1.79. The quantitative estimate of drug-likeness (QED) is 0.620. The van der Waals surface area contributed by atoms with Crippen LogP contribution in [0.5, 0.6) is 0 Å². The van der Waals surface area contributed by atoms with E-state index in [-0.39, 0.29) is 5.54 Å². The van der Waals surface area contributed by atoms with Crippen molar-refractivity contribution in [1.29, 1.82) is 0 Å². The molecule has 0 aromatic heterocycles. The lowest BCUT2D eigenvalue weighted by Crippen LogP contribution is -2.41. The van der Waals surface area contributed by atoms with Gasteiger partial charge in [-0.3, -0.25) is 0 Å². The Balaban J connectivity index is 0.000000396. The number of ether oxygens (including phenoxy) is 1. The van der Waals surface area contributed by atoms with Gasteiger partial charge in [0, 0.05) is 6.92 Å². The number of piperidine rings is 1. The molecular weight excluding hydrogens is 164 g/mol. The highest BCUT2D eigenvalue weighted by Crippen LogP contribution is 2.27. The van der Waals surface area contributed by atoms with E-state index in [0.717, 1.165) is 38.4 Å². The molecule has 76 valence electrons. The number of hydrogen-bond acceptors (Lipinski definition) is 3. The predicted molar refractivity (Wildman–Crippen MR) is 55.2 cm³/mol. The van der Waals surface area contributed by atoms with Crippen LogP contribution in [-0.4, -0.2) is 31.1 Å². The first-order chi connectivity index (χ1) is 6.31. The highest BCUT2D eigenvalue weighted by atomic mass is 16.5. The number of rotatable bonds is 0. The van der Waals surface area contributed by atoms with E-state index in [1.54, 1.807) is 0 Å². The van der Waals surface area contributed by atoms with Crippen molar-refractivity contribution in [3.8, 4) is 0 Å². The third-order valence-electron chi connectivity index (χ3n) is 2.48. The van der Waals surface area contributed by atoms with Gasteiger partial charge < -0.3 is 10.1 Å². The van der Waals surface area contributed by atoms with E-state index < -0.39 is 0 Å². The Kier molecular flexibility index (Phi) is 3.72. The van der Waals surface area contributed by atoms with Gasteiger partial charge in [0.25, 0.3) is 0 Å². The zero-order valence-electron chi connectivity index (χ0n) is 8.89. The lowest BCUT2D eigenvalue weighted by Gasteiger charge is -2.28. The summed E-state index contributed by atoms with van der Waals surface area (Å²) >= 11 is 0. The summed E-state index contributed by atoms with van der Waals surface area (Å²) in [5.41, 5.74) is 0.148. The van der Waals surface area contributed by atoms with Gasteiger partial charge in [0.1, 0.15) is 12.1 Å². The van der Waals surface area contributed by atoms with Gasteiger partial charge in [-0.1, -0.05) is 13.8 Å². The summed E-state index contributed by atoms with van der Waals surface area (Å²) in [5, 5.41) is 3.33. The van der Waals surface area contributed by atoms with Crippen LogP contribution in [0.2, 0.25) is 0 Å². The molecule has 0 bridgehead atoms. The Morgan fingerprint density at radius 3 is 2.38 bits per heavy atom. The molecule has 2 heterocycles. The average molecular weight is 184 g/mol. The Hall–Kier alpha value is -0.570. The van der Waals surface area contributed by atoms with Gasteiger partial charge in [0.05, 0.1) is 0 Å². The SMILES string of the molecule is CC.CC1=NC2(CCNCC2)CO1. The molecule has 1 spiro atoms. The van der Waals surface area contributed by atoms with Crippen LogP contribution < -0.4 is 5.32 Å². The number of nitrogens with one attached hydrogen (secondary N) is 1. The van der Waals surface area contributed by atoms with E-state index in [1.807, 2.05) is 20.8 Å². The maximum absolute atomic E-state index is 5.37. The van der Waals surface area contributed by atoms with E-state index in [4.69, 9.17) is 4.74 Å². The first kappa shape index (κ1) is 10.5. The molecule has 0 amide bonds. The lowest BCUT2D eigenvalue weighted by atomic mass is 9.91. The summed E-state index contributed by atoms with van der Waals surface area (Å²) in [6.07, 6.45) is 2.26. The van der Waals surface area contributed by atoms with Crippen molar-refractivity contribution >= 4 is 5.90 Å². The van der Waals surface area contributed by atoms with Gasteiger partial charge in [-0.2, -0.15) is 0 Å². The minimum Gasteiger partial charge on any atom is -0.479 e. The van der Waals surface area contributed by atoms with Gasteiger partial charge >= 0.3 is 0 Å². The van der Waals surface area contributed by atoms with Crippen molar-refractivity contribution in [3.05, 3.63) is 0 Å². The molecule has 0 aromatic carbocycles. The molecular formula is C10H20N2O. The average Bonchev–Trinajstić information content (AvgIpc) is 2.52. The summed E-state index contributed by atoms with van der Waals surface area (Å²) in [5.74, 6) is 0.868. The summed E-state index contributed by atoms with van der Waals surface area (Å²) < 4.78 is 5.37. The van der Waals surface area contributed by atoms with E-state index in [1.165, 1.54) is 0 Å². The van der Waals surface area contributed by atoms with Crippen LogP contribution >= 0.6 is 0 Å². The van der Waals surface area contributed by atoms with Crippen LogP contribution in [0, 0.1) is 0 Å². The van der Waals surface area contributed by atoms with Crippen LogP contribution in [0.15, 0.2) is 4.99 Å². The first-order valence-corrected chi connectivity index (χ1v) is 5.21. The van der Waals surface area contributed by atoms with Crippen molar-refractivity contribution in [2.75, 3.05) is 19.7 Å². The van der Waals surface area contributed by atoms with Crippen molar-refractivity contribution in [1.82, 2.24) is 5.32 Å². The van der Waals surface area contributed by atoms with Crippen molar-refractivity contribution < 1.29 is 4.74 Å². The Morgan fingerprint density at radius 1 is 1.31 bits per heavy atom. The summed E-state index contributed by atoms with van der Waals surface area (Å²) in [4.78, 5) is 4.53. The van der Waals surface area contributed by atoms with Gasteiger partial charge in [0.2, 0.25) is 0 Å². The molecule has 0 unspecified atom stereocenters. The van der Waals surface area contributed by atoms with Crippen molar-refractivity contribution in [2.45, 2.75) is 39.2 Å². The summed E-state index contributed by atoms with van der Waals surface area (Å²) in [6.45, 7) is 8.91. The lowest BCUT2D eigenvalue weighted by molar-refractivity contribution is 0.214. The molecule has 1 fully saturated rings. The molecule has 0 aliphatic carbocycles. The molecule has 1 N–H and O–H groups in total. The minimum atomic E-state index is 0.148. The van der Waals surface area contributed by atoms with E-state index in [2.05, 4.69) is 10.3 Å². The minimum absolute atomic E-state index is 0.148. The third-order valence-corrected chi connectivity index (χ3v) is 2.48. The van der Waals surface area contributed by atoms with E-state index in [0.29, 0.717) is 0 Å². The smallest absolute Gasteiger partial charge is 0.180 e. The fourth-order valence-corrected chi connectivity index (χ4v) is 1.79. The number of aliphatic imine (C=N–C) groups is 1.